The number of nitro groups is 1. The molecule has 0 amide bonds. The van der Waals surface area contributed by atoms with E-state index in [2.05, 4.69) is 0 Å². The molecule has 0 aliphatic heterocycles. The monoisotopic (exact) mass is 223 g/mol. The first-order chi connectivity index (χ1) is 7.13. The van der Waals surface area contributed by atoms with Crippen molar-refractivity contribution in [2.24, 2.45) is 0 Å². The van der Waals surface area contributed by atoms with Gasteiger partial charge in [0.25, 0.3) is 5.70 Å². The van der Waals surface area contributed by atoms with E-state index < -0.39 is 0 Å². The van der Waals surface area contributed by atoms with Gasteiger partial charge in [-0.15, -0.1) is 0 Å². The number of hydrogen-bond donors (Lipinski definition) is 0. The number of thioether (sulfide) groups is 1. The van der Waals surface area contributed by atoms with E-state index in [-0.39, 0.29) is 10.6 Å². The van der Waals surface area contributed by atoms with Crippen LogP contribution < -0.4 is 0 Å². The van der Waals surface area contributed by atoms with Crippen molar-refractivity contribution in [2.75, 3.05) is 0 Å². The van der Waals surface area contributed by atoms with Gasteiger partial charge in [-0.05, 0) is 19.1 Å². The third kappa shape index (κ3) is 3.75. The van der Waals surface area contributed by atoms with Crippen molar-refractivity contribution in [3.63, 3.8) is 0 Å². The van der Waals surface area contributed by atoms with Crippen molar-refractivity contribution in [3.8, 4) is 0 Å². The molecule has 0 N–H and O–H groups in total. The molecule has 0 aliphatic carbocycles. The van der Waals surface area contributed by atoms with Crippen LogP contribution in [0.15, 0.2) is 40.3 Å². The number of aryl methyl sites for hydroxylation is 1. The summed E-state index contributed by atoms with van der Waals surface area (Å²) in [6, 6.07) is 7.90. The van der Waals surface area contributed by atoms with Gasteiger partial charge in [0.15, 0.2) is 0 Å². The molecular formula is C11H13NO2S. The molecule has 15 heavy (non-hydrogen) atoms. The van der Waals surface area contributed by atoms with Gasteiger partial charge in [0, 0.05) is 16.7 Å². The number of benzene rings is 1. The van der Waals surface area contributed by atoms with Gasteiger partial charge in [-0.25, -0.2) is 0 Å². The van der Waals surface area contributed by atoms with E-state index in [1.165, 1.54) is 11.8 Å². The van der Waals surface area contributed by atoms with Gasteiger partial charge in [-0.2, -0.15) is 0 Å². The average molecular weight is 223 g/mol. The predicted octanol–water partition coefficient (Wildman–Crippen LogP) is 3.62. The quantitative estimate of drug-likeness (QED) is 0.445. The summed E-state index contributed by atoms with van der Waals surface area (Å²) in [7, 11) is 0. The maximum Gasteiger partial charge on any atom is 0.252 e. The highest BCUT2D eigenvalue weighted by Gasteiger charge is 2.06. The lowest BCUT2D eigenvalue weighted by atomic mass is 10.2. The summed E-state index contributed by atoms with van der Waals surface area (Å²) in [6.07, 6.45) is 0.450. The summed E-state index contributed by atoms with van der Waals surface area (Å²) < 4.78 is 0. The average Bonchev–Trinajstić information content (AvgIpc) is 2.18. The van der Waals surface area contributed by atoms with Crippen molar-refractivity contribution in [3.05, 3.63) is 51.0 Å². The lowest BCUT2D eigenvalue weighted by Crippen LogP contribution is -1.95. The summed E-state index contributed by atoms with van der Waals surface area (Å²) in [6.45, 7) is 3.79. The fourth-order valence-corrected chi connectivity index (χ4v) is 2.02. The third-order valence-corrected chi connectivity index (χ3v) is 2.83. The summed E-state index contributed by atoms with van der Waals surface area (Å²) in [5, 5.41) is 12.1. The Labute approximate surface area is 93.3 Å². The molecule has 0 saturated heterocycles. The van der Waals surface area contributed by atoms with E-state index in [0.717, 1.165) is 10.5 Å². The first-order valence-electron chi connectivity index (χ1n) is 4.70. The van der Waals surface area contributed by atoms with Crippen LogP contribution in [0.25, 0.3) is 0 Å². The van der Waals surface area contributed by atoms with Crippen molar-refractivity contribution in [2.45, 2.75) is 25.2 Å². The molecule has 4 heteroatoms. The first-order valence-corrected chi connectivity index (χ1v) is 5.58. The maximum absolute atomic E-state index is 10.5. The molecule has 0 aliphatic rings. The van der Waals surface area contributed by atoms with Crippen LogP contribution in [0.4, 0.5) is 0 Å². The molecule has 0 aromatic heterocycles. The summed E-state index contributed by atoms with van der Waals surface area (Å²) >= 11 is 1.39. The Bertz CT molecular complexity index is 388. The standard InChI is InChI=1S/C11H13NO2S/c1-3-10(12(13)14)8-15-11-6-4-5-9(2)7-11/h4-8H,3H2,1-2H3. The topological polar surface area (TPSA) is 43.1 Å². The fourth-order valence-electron chi connectivity index (χ4n) is 1.08. The number of nitrogens with zero attached hydrogens (tertiary/aromatic N) is 1. The second-order valence-corrected chi connectivity index (χ2v) is 4.10. The van der Waals surface area contributed by atoms with Gasteiger partial charge >= 0.3 is 0 Å². The van der Waals surface area contributed by atoms with E-state index in [1.54, 1.807) is 12.3 Å². The smallest absolute Gasteiger partial charge is 0.252 e. The normalized spacial score (nSPS) is 11.5. The highest BCUT2D eigenvalue weighted by molar-refractivity contribution is 8.02. The number of rotatable bonds is 4. The first kappa shape index (κ1) is 11.8. The Morgan fingerprint density at radius 3 is 2.87 bits per heavy atom. The lowest BCUT2D eigenvalue weighted by molar-refractivity contribution is -0.427. The van der Waals surface area contributed by atoms with Crippen molar-refractivity contribution >= 4 is 11.8 Å². The molecule has 0 radical (unpaired) electrons. The summed E-state index contributed by atoms with van der Waals surface area (Å²) in [5.74, 6) is 0. The van der Waals surface area contributed by atoms with E-state index >= 15 is 0 Å². The molecular weight excluding hydrogens is 210 g/mol. The predicted molar refractivity (Wildman–Crippen MR) is 62.4 cm³/mol. The van der Waals surface area contributed by atoms with Crippen LogP contribution >= 0.6 is 11.8 Å². The molecule has 1 aromatic rings. The molecule has 0 saturated carbocycles. The molecule has 1 aromatic carbocycles. The Morgan fingerprint density at radius 1 is 1.60 bits per heavy atom. The molecule has 0 atom stereocenters. The van der Waals surface area contributed by atoms with E-state index in [4.69, 9.17) is 0 Å². The van der Waals surface area contributed by atoms with Crippen LogP contribution in [0.3, 0.4) is 0 Å². The van der Waals surface area contributed by atoms with Gasteiger partial charge in [-0.1, -0.05) is 36.4 Å². The Hall–Kier alpha value is -1.29. The number of allylic oxidation sites excluding steroid dienone is 1. The van der Waals surface area contributed by atoms with Gasteiger partial charge in [0.05, 0.1) is 4.92 Å². The molecule has 80 valence electrons. The molecule has 3 nitrogen and oxygen atoms in total. The van der Waals surface area contributed by atoms with E-state index in [9.17, 15) is 10.1 Å². The molecule has 0 fully saturated rings. The summed E-state index contributed by atoms with van der Waals surface area (Å²) in [4.78, 5) is 11.2. The van der Waals surface area contributed by atoms with Gasteiger partial charge in [0.1, 0.15) is 0 Å². The fraction of sp³-hybridized carbons (Fsp3) is 0.273. The molecule has 0 unspecified atom stereocenters. The minimum atomic E-state index is -0.331. The molecule has 0 heterocycles. The van der Waals surface area contributed by atoms with Crippen LogP contribution in [0.2, 0.25) is 0 Å². The van der Waals surface area contributed by atoms with Crippen LogP contribution in [-0.2, 0) is 0 Å². The zero-order chi connectivity index (χ0) is 11.3. The van der Waals surface area contributed by atoms with Crippen LogP contribution in [0.1, 0.15) is 18.9 Å². The highest BCUT2D eigenvalue weighted by atomic mass is 32.2. The minimum absolute atomic E-state index is 0.251. The maximum atomic E-state index is 10.5. The second-order valence-electron chi connectivity index (χ2n) is 3.15. The Kier molecular flexibility index (Phi) is 4.37. The van der Waals surface area contributed by atoms with Gasteiger partial charge in [-0.3, -0.25) is 10.1 Å². The SMILES string of the molecule is CCC(=CSc1cccc(C)c1)[N+](=O)[O-]. The Morgan fingerprint density at radius 2 is 2.33 bits per heavy atom. The molecule has 0 spiro atoms. The number of hydrogen-bond acceptors (Lipinski definition) is 3. The largest absolute Gasteiger partial charge is 0.259 e. The Balaban J connectivity index is 2.74. The second kappa shape index (κ2) is 5.56. The van der Waals surface area contributed by atoms with Crippen LogP contribution in [0.5, 0.6) is 0 Å². The van der Waals surface area contributed by atoms with Gasteiger partial charge in [0.2, 0.25) is 0 Å². The third-order valence-electron chi connectivity index (χ3n) is 1.92. The van der Waals surface area contributed by atoms with Crippen LogP contribution in [-0.4, -0.2) is 4.92 Å². The van der Waals surface area contributed by atoms with Crippen molar-refractivity contribution in [1.82, 2.24) is 0 Å². The van der Waals surface area contributed by atoms with E-state index in [1.807, 2.05) is 31.2 Å². The van der Waals surface area contributed by atoms with Crippen molar-refractivity contribution in [1.29, 1.82) is 0 Å². The zero-order valence-corrected chi connectivity index (χ0v) is 9.58. The zero-order valence-electron chi connectivity index (χ0n) is 8.77. The molecule has 1 rings (SSSR count). The van der Waals surface area contributed by atoms with Gasteiger partial charge < -0.3 is 0 Å². The molecule has 0 bridgehead atoms. The lowest BCUT2D eigenvalue weighted by Gasteiger charge is -1.98. The minimum Gasteiger partial charge on any atom is -0.259 e. The highest BCUT2D eigenvalue weighted by Crippen LogP contribution is 2.22. The van der Waals surface area contributed by atoms with E-state index in [0.29, 0.717) is 6.42 Å². The van der Waals surface area contributed by atoms with Crippen LogP contribution in [0, 0.1) is 17.0 Å². The van der Waals surface area contributed by atoms with Crippen molar-refractivity contribution < 1.29 is 4.92 Å². The summed E-state index contributed by atoms with van der Waals surface area (Å²) in [5.41, 5.74) is 1.41.